The van der Waals surface area contributed by atoms with E-state index in [1.54, 1.807) is 43.6 Å². The molecule has 158 valence electrons. The lowest BCUT2D eigenvalue weighted by Crippen LogP contribution is -2.47. The second kappa shape index (κ2) is 11.1. The molecule has 0 spiro atoms. The summed E-state index contributed by atoms with van der Waals surface area (Å²) in [5.41, 5.74) is 6.37. The summed E-state index contributed by atoms with van der Waals surface area (Å²) >= 11 is 0. The number of hydrogen-bond acceptors (Lipinski definition) is 6. The molecule has 4 amide bonds. The SMILES string of the molecule is CCOC(=O)C(Cc1cccnc1)NC(=O)CNC(=O)c1cccc(NC(N)=O)c1. The lowest BCUT2D eigenvalue weighted by molar-refractivity contribution is -0.147. The fourth-order valence-electron chi connectivity index (χ4n) is 2.58. The molecule has 0 saturated carbocycles. The number of anilines is 1. The number of benzene rings is 1. The molecule has 0 aliphatic carbocycles. The second-order valence-electron chi connectivity index (χ2n) is 6.19. The van der Waals surface area contributed by atoms with E-state index in [0.29, 0.717) is 5.69 Å². The monoisotopic (exact) mass is 413 g/mol. The summed E-state index contributed by atoms with van der Waals surface area (Å²) in [5.74, 6) is -1.67. The van der Waals surface area contributed by atoms with Crippen molar-refractivity contribution in [3.63, 3.8) is 0 Å². The number of primary amides is 1. The fraction of sp³-hybridized carbons (Fsp3) is 0.250. The molecular weight excluding hydrogens is 390 g/mol. The lowest BCUT2D eigenvalue weighted by atomic mass is 10.1. The number of nitrogens with zero attached hydrogens (tertiary/aromatic N) is 1. The number of carbonyl (C=O) groups is 4. The maximum Gasteiger partial charge on any atom is 0.328 e. The van der Waals surface area contributed by atoms with E-state index in [0.717, 1.165) is 5.56 Å². The molecule has 1 aromatic carbocycles. The highest BCUT2D eigenvalue weighted by Gasteiger charge is 2.23. The van der Waals surface area contributed by atoms with Crippen LogP contribution in [0.3, 0.4) is 0 Å². The molecule has 1 aromatic heterocycles. The average Bonchev–Trinajstić information content (AvgIpc) is 2.72. The van der Waals surface area contributed by atoms with E-state index in [9.17, 15) is 19.2 Å². The molecule has 0 aliphatic rings. The Bertz CT molecular complexity index is 903. The Morgan fingerprint density at radius 3 is 2.63 bits per heavy atom. The van der Waals surface area contributed by atoms with Gasteiger partial charge in [0, 0.05) is 30.1 Å². The number of ether oxygens (including phenoxy) is 1. The second-order valence-corrected chi connectivity index (χ2v) is 6.19. The van der Waals surface area contributed by atoms with Crippen LogP contribution >= 0.6 is 0 Å². The maximum atomic E-state index is 12.3. The van der Waals surface area contributed by atoms with E-state index in [1.165, 1.54) is 12.1 Å². The number of aromatic nitrogens is 1. The van der Waals surface area contributed by atoms with Crippen LogP contribution in [-0.2, 0) is 20.7 Å². The Balaban J connectivity index is 1.95. The van der Waals surface area contributed by atoms with E-state index >= 15 is 0 Å². The third-order valence-corrected chi connectivity index (χ3v) is 3.87. The number of urea groups is 1. The van der Waals surface area contributed by atoms with Crippen LogP contribution < -0.4 is 21.7 Å². The predicted molar refractivity (Wildman–Crippen MR) is 108 cm³/mol. The van der Waals surface area contributed by atoms with Gasteiger partial charge in [0.1, 0.15) is 6.04 Å². The topological polar surface area (TPSA) is 153 Å². The van der Waals surface area contributed by atoms with Crippen LogP contribution in [0.1, 0.15) is 22.8 Å². The number of pyridine rings is 1. The van der Waals surface area contributed by atoms with E-state index in [2.05, 4.69) is 20.9 Å². The molecule has 0 aliphatic heterocycles. The zero-order valence-electron chi connectivity index (χ0n) is 16.4. The molecule has 0 saturated heterocycles. The first kappa shape index (κ1) is 22.3. The van der Waals surface area contributed by atoms with Crippen molar-refractivity contribution < 1.29 is 23.9 Å². The van der Waals surface area contributed by atoms with Crippen molar-refractivity contribution in [2.24, 2.45) is 5.73 Å². The van der Waals surface area contributed by atoms with E-state index in [4.69, 9.17) is 10.5 Å². The van der Waals surface area contributed by atoms with Gasteiger partial charge in [-0.3, -0.25) is 14.6 Å². The fourth-order valence-corrected chi connectivity index (χ4v) is 2.58. The van der Waals surface area contributed by atoms with Crippen LogP contribution in [0, 0.1) is 0 Å². The molecule has 1 heterocycles. The number of hydrogen-bond donors (Lipinski definition) is 4. The van der Waals surface area contributed by atoms with Gasteiger partial charge in [-0.25, -0.2) is 9.59 Å². The molecule has 1 atom stereocenters. The van der Waals surface area contributed by atoms with E-state index in [1.807, 2.05) is 0 Å². The van der Waals surface area contributed by atoms with Gasteiger partial charge in [-0.05, 0) is 36.8 Å². The smallest absolute Gasteiger partial charge is 0.328 e. The molecule has 2 aromatic rings. The van der Waals surface area contributed by atoms with Crippen molar-refractivity contribution in [2.45, 2.75) is 19.4 Å². The van der Waals surface area contributed by atoms with Crippen LogP contribution in [0.15, 0.2) is 48.8 Å². The number of rotatable bonds is 9. The molecule has 30 heavy (non-hydrogen) atoms. The van der Waals surface area contributed by atoms with Gasteiger partial charge in [0.25, 0.3) is 5.91 Å². The largest absolute Gasteiger partial charge is 0.464 e. The number of amides is 4. The van der Waals surface area contributed by atoms with Gasteiger partial charge in [-0.15, -0.1) is 0 Å². The number of nitrogens with one attached hydrogen (secondary N) is 3. The minimum atomic E-state index is -0.915. The van der Waals surface area contributed by atoms with E-state index < -0.39 is 29.9 Å². The predicted octanol–water partition coefficient (Wildman–Crippen LogP) is 0.593. The summed E-state index contributed by atoms with van der Waals surface area (Å²) in [6, 6.07) is 7.89. The summed E-state index contributed by atoms with van der Waals surface area (Å²) in [6.45, 7) is 1.49. The van der Waals surface area contributed by atoms with Crippen molar-refractivity contribution in [1.29, 1.82) is 0 Å². The summed E-state index contributed by atoms with van der Waals surface area (Å²) in [7, 11) is 0. The van der Waals surface area contributed by atoms with Crippen LogP contribution in [-0.4, -0.2) is 48.0 Å². The molecule has 1 unspecified atom stereocenters. The van der Waals surface area contributed by atoms with Gasteiger partial charge >= 0.3 is 12.0 Å². The summed E-state index contributed by atoms with van der Waals surface area (Å²) in [4.78, 5) is 51.6. The Morgan fingerprint density at radius 2 is 1.97 bits per heavy atom. The normalized spacial score (nSPS) is 11.1. The van der Waals surface area contributed by atoms with Gasteiger partial charge in [0.15, 0.2) is 0 Å². The first-order chi connectivity index (χ1) is 14.4. The standard InChI is InChI=1S/C20H23N5O5/c1-2-30-19(28)16(9-13-5-4-8-22-11-13)25-17(26)12-23-18(27)14-6-3-7-15(10-14)24-20(21)29/h3-8,10-11,16H,2,9,12H2,1H3,(H,23,27)(H,25,26)(H3,21,24,29). The van der Waals surface area contributed by atoms with Gasteiger partial charge in [-0.2, -0.15) is 0 Å². The molecular formula is C20H23N5O5. The molecule has 10 heteroatoms. The molecule has 0 radical (unpaired) electrons. The Morgan fingerprint density at radius 1 is 1.17 bits per heavy atom. The van der Waals surface area contributed by atoms with Crippen molar-refractivity contribution in [3.05, 3.63) is 59.9 Å². The first-order valence-electron chi connectivity index (χ1n) is 9.18. The molecule has 0 fully saturated rings. The molecule has 0 bridgehead atoms. The third-order valence-electron chi connectivity index (χ3n) is 3.87. The average molecular weight is 413 g/mol. The Kier molecular flexibility index (Phi) is 8.30. The molecule has 2 rings (SSSR count). The van der Waals surface area contributed by atoms with Crippen molar-refractivity contribution >= 4 is 29.5 Å². The summed E-state index contributed by atoms with van der Waals surface area (Å²) in [5, 5.41) is 7.39. The third kappa shape index (κ3) is 7.23. The summed E-state index contributed by atoms with van der Waals surface area (Å²) < 4.78 is 5.01. The van der Waals surface area contributed by atoms with Crippen LogP contribution in [0.25, 0.3) is 0 Å². The van der Waals surface area contributed by atoms with Crippen molar-refractivity contribution in [2.75, 3.05) is 18.5 Å². The Labute approximate surface area is 173 Å². The molecule has 5 N–H and O–H groups in total. The highest BCUT2D eigenvalue weighted by molar-refractivity contribution is 5.98. The van der Waals surface area contributed by atoms with Crippen LogP contribution in [0.2, 0.25) is 0 Å². The van der Waals surface area contributed by atoms with Crippen LogP contribution in [0.5, 0.6) is 0 Å². The Hall–Kier alpha value is -3.95. The number of esters is 1. The van der Waals surface area contributed by atoms with Gasteiger partial charge in [0.2, 0.25) is 5.91 Å². The zero-order chi connectivity index (χ0) is 21.9. The highest BCUT2D eigenvalue weighted by Crippen LogP contribution is 2.10. The van der Waals surface area contributed by atoms with Gasteiger partial charge < -0.3 is 26.4 Å². The van der Waals surface area contributed by atoms with Crippen molar-refractivity contribution in [1.82, 2.24) is 15.6 Å². The highest BCUT2D eigenvalue weighted by atomic mass is 16.5. The van der Waals surface area contributed by atoms with Gasteiger partial charge in [0.05, 0.1) is 13.2 Å². The zero-order valence-corrected chi connectivity index (χ0v) is 16.4. The number of nitrogens with two attached hydrogens (primary N) is 1. The minimum absolute atomic E-state index is 0.171. The van der Waals surface area contributed by atoms with Crippen LogP contribution in [0.4, 0.5) is 10.5 Å². The minimum Gasteiger partial charge on any atom is -0.464 e. The maximum absolute atomic E-state index is 12.3. The van der Waals surface area contributed by atoms with Crippen molar-refractivity contribution in [3.8, 4) is 0 Å². The molecule has 10 nitrogen and oxygen atoms in total. The first-order valence-corrected chi connectivity index (χ1v) is 9.18. The number of carbonyl (C=O) groups excluding carboxylic acids is 4. The van der Waals surface area contributed by atoms with Gasteiger partial charge in [-0.1, -0.05) is 12.1 Å². The van der Waals surface area contributed by atoms with E-state index in [-0.39, 0.29) is 25.1 Å². The quantitative estimate of drug-likeness (QED) is 0.442. The lowest BCUT2D eigenvalue weighted by Gasteiger charge is -2.17. The summed E-state index contributed by atoms with van der Waals surface area (Å²) in [6.07, 6.45) is 3.39.